The number of nitrogens with zero attached hydrogens (tertiary/aromatic N) is 3. The number of hydrogen-bond donors (Lipinski definition) is 1. The van der Waals surface area contributed by atoms with Gasteiger partial charge in [0.05, 0.1) is 6.04 Å². The topological polar surface area (TPSA) is 59.3 Å². The lowest BCUT2D eigenvalue weighted by Crippen LogP contribution is -2.32. The summed E-state index contributed by atoms with van der Waals surface area (Å²) in [7, 11) is 0. The van der Waals surface area contributed by atoms with Crippen LogP contribution in [0.5, 0.6) is 0 Å². The summed E-state index contributed by atoms with van der Waals surface area (Å²) >= 11 is 0. The standard InChI is InChI=1S/C16H24N4O/c1-5-8-12(17-14(21)11-16(2,3)4)15-19-18-13-9-6-7-10-20(13)15/h6-7,9-10,12H,5,8,11H2,1-4H3,(H,17,21)/t12-/m1/s1. The first kappa shape index (κ1) is 15.5. The van der Waals surface area contributed by atoms with Gasteiger partial charge in [0.2, 0.25) is 5.91 Å². The molecule has 1 amide bonds. The third kappa shape index (κ3) is 4.03. The summed E-state index contributed by atoms with van der Waals surface area (Å²) in [5.41, 5.74) is 0.784. The van der Waals surface area contributed by atoms with Crippen molar-refractivity contribution in [2.45, 2.75) is 53.0 Å². The van der Waals surface area contributed by atoms with E-state index in [4.69, 9.17) is 0 Å². The zero-order chi connectivity index (χ0) is 15.5. The molecule has 2 aromatic heterocycles. The molecular weight excluding hydrogens is 264 g/mol. The van der Waals surface area contributed by atoms with E-state index in [2.05, 4.69) is 43.2 Å². The van der Waals surface area contributed by atoms with Gasteiger partial charge in [-0.3, -0.25) is 9.20 Å². The Balaban J connectivity index is 2.21. The highest BCUT2D eigenvalue weighted by Crippen LogP contribution is 2.21. The Bertz CT molecular complexity index is 612. The molecule has 2 heterocycles. The van der Waals surface area contributed by atoms with Gasteiger partial charge in [-0.15, -0.1) is 10.2 Å². The average Bonchev–Trinajstić information content (AvgIpc) is 2.79. The second kappa shape index (κ2) is 6.24. The molecule has 114 valence electrons. The van der Waals surface area contributed by atoms with Gasteiger partial charge in [0.1, 0.15) is 0 Å². The number of pyridine rings is 1. The van der Waals surface area contributed by atoms with Crippen LogP contribution in [-0.2, 0) is 4.79 Å². The number of carbonyl (C=O) groups excluding carboxylic acids is 1. The maximum absolute atomic E-state index is 12.2. The number of amides is 1. The van der Waals surface area contributed by atoms with E-state index in [1.807, 2.05) is 28.8 Å². The molecule has 0 saturated heterocycles. The van der Waals surface area contributed by atoms with Crippen molar-refractivity contribution in [1.82, 2.24) is 19.9 Å². The van der Waals surface area contributed by atoms with E-state index in [1.54, 1.807) is 0 Å². The zero-order valence-corrected chi connectivity index (χ0v) is 13.3. The van der Waals surface area contributed by atoms with Gasteiger partial charge in [-0.1, -0.05) is 40.2 Å². The molecular formula is C16H24N4O. The first-order valence-corrected chi connectivity index (χ1v) is 7.50. The van der Waals surface area contributed by atoms with Gasteiger partial charge in [0, 0.05) is 12.6 Å². The number of carbonyl (C=O) groups is 1. The summed E-state index contributed by atoms with van der Waals surface area (Å²) < 4.78 is 1.94. The summed E-state index contributed by atoms with van der Waals surface area (Å²) in [4.78, 5) is 12.2. The quantitative estimate of drug-likeness (QED) is 0.919. The average molecular weight is 288 g/mol. The smallest absolute Gasteiger partial charge is 0.221 e. The van der Waals surface area contributed by atoms with E-state index in [0.29, 0.717) is 6.42 Å². The first-order chi connectivity index (χ1) is 9.90. The number of aromatic nitrogens is 3. The van der Waals surface area contributed by atoms with Crippen molar-refractivity contribution in [1.29, 1.82) is 0 Å². The van der Waals surface area contributed by atoms with Gasteiger partial charge in [0.15, 0.2) is 11.5 Å². The molecule has 0 aliphatic rings. The number of nitrogens with one attached hydrogen (secondary N) is 1. The Morgan fingerprint density at radius 3 is 2.76 bits per heavy atom. The molecule has 21 heavy (non-hydrogen) atoms. The van der Waals surface area contributed by atoms with Crippen LogP contribution in [0.15, 0.2) is 24.4 Å². The van der Waals surface area contributed by atoms with E-state index in [0.717, 1.165) is 24.3 Å². The van der Waals surface area contributed by atoms with Crippen LogP contribution in [0.4, 0.5) is 0 Å². The molecule has 5 heteroatoms. The SMILES string of the molecule is CCC[C@@H](NC(=O)CC(C)(C)C)c1nnc2ccccn12. The molecule has 1 N–H and O–H groups in total. The predicted octanol–water partition coefficient (Wildman–Crippen LogP) is 3.12. The van der Waals surface area contributed by atoms with E-state index < -0.39 is 0 Å². The highest BCUT2D eigenvalue weighted by Gasteiger charge is 2.22. The minimum absolute atomic E-state index is 0.0201. The molecule has 0 fully saturated rings. The molecule has 0 aliphatic carbocycles. The molecule has 0 aromatic carbocycles. The van der Waals surface area contributed by atoms with Gasteiger partial charge in [-0.2, -0.15) is 0 Å². The van der Waals surface area contributed by atoms with Crippen LogP contribution >= 0.6 is 0 Å². The summed E-state index contributed by atoms with van der Waals surface area (Å²) in [6.45, 7) is 8.29. The molecule has 0 bridgehead atoms. The molecule has 0 radical (unpaired) electrons. The highest BCUT2D eigenvalue weighted by atomic mass is 16.1. The lowest BCUT2D eigenvalue weighted by Gasteiger charge is -2.21. The van der Waals surface area contributed by atoms with Crippen LogP contribution in [-0.4, -0.2) is 20.5 Å². The summed E-state index contributed by atoms with van der Waals surface area (Å²) in [6, 6.07) is 5.69. The fourth-order valence-electron chi connectivity index (χ4n) is 2.38. The number of rotatable bonds is 5. The molecule has 2 aromatic rings. The summed E-state index contributed by atoms with van der Waals surface area (Å²) in [5.74, 6) is 0.864. The molecule has 0 saturated carbocycles. The fourth-order valence-corrected chi connectivity index (χ4v) is 2.38. The predicted molar refractivity (Wildman–Crippen MR) is 82.9 cm³/mol. The second-order valence-corrected chi connectivity index (χ2v) is 6.63. The van der Waals surface area contributed by atoms with Gasteiger partial charge < -0.3 is 5.32 Å². The van der Waals surface area contributed by atoms with E-state index in [9.17, 15) is 4.79 Å². The van der Waals surface area contributed by atoms with Crippen LogP contribution in [0.2, 0.25) is 0 Å². The van der Waals surface area contributed by atoms with Crippen LogP contribution in [0.1, 0.15) is 58.8 Å². The van der Waals surface area contributed by atoms with Gasteiger partial charge in [-0.05, 0) is 24.0 Å². The minimum Gasteiger partial charge on any atom is -0.346 e. The number of hydrogen-bond acceptors (Lipinski definition) is 3. The lowest BCUT2D eigenvalue weighted by atomic mass is 9.92. The van der Waals surface area contributed by atoms with Gasteiger partial charge in [0.25, 0.3) is 0 Å². The fraction of sp³-hybridized carbons (Fsp3) is 0.562. The molecule has 0 spiro atoms. The molecule has 1 atom stereocenters. The molecule has 0 aliphatic heterocycles. The first-order valence-electron chi connectivity index (χ1n) is 7.50. The van der Waals surface area contributed by atoms with Crippen LogP contribution in [0.3, 0.4) is 0 Å². The second-order valence-electron chi connectivity index (χ2n) is 6.63. The normalized spacial score (nSPS) is 13.3. The maximum atomic E-state index is 12.2. The van der Waals surface area contributed by atoms with E-state index in [-0.39, 0.29) is 17.4 Å². The minimum atomic E-state index is -0.0951. The van der Waals surface area contributed by atoms with Gasteiger partial charge in [-0.25, -0.2) is 0 Å². The van der Waals surface area contributed by atoms with E-state index >= 15 is 0 Å². The molecule has 5 nitrogen and oxygen atoms in total. The summed E-state index contributed by atoms with van der Waals surface area (Å²) in [5, 5.41) is 11.5. The van der Waals surface area contributed by atoms with Crippen molar-refractivity contribution in [2.24, 2.45) is 5.41 Å². The largest absolute Gasteiger partial charge is 0.346 e. The van der Waals surface area contributed by atoms with Crippen LogP contribution in [0.25, 0.3) is 5.65 Å². The Morgan fingerprint density at radius 1 is 1.33 bits per heavy atom. The van der Waals surface area contributed by atoms with Crippen LogP contribution < -0.4 is 5.32 Å². The Hall–Kier alpha value is -1.91. The zero-order valence-electron chi connectivity index (χ0n) is 13.3. The van der Waals surface area contributed by atoms with Crippen molar-refractivity contribution in [2.75, 3.05) is 0 Å². The molecule has 2 rings (SSSR count). The lowest BCUT2D eigenvalue weighted by molar-refractivity contribution is -0.123. The Morgan fingerprint density at radius 2 is 2.10 bits per heavy atom. The number of fused-ring (bicyclic) bond motifs is 1. The van der Waals surface area contributed by atoms with Gasteiger partial charge >= 0.3 is 0 Å². The summed E-state index contributed by atoms with van der Waals surface area (Å²) in [6.07, 6.45) is 4.26. The third-order valence-corrected chi connectivity index (χ3v) is 3.26. The molecule has 0 unspecified atom stereocenters. The van der Waals surface area contributed by atoms with Crippen molar-refractivity contribution < 1.29 is 4.79 Å². The Labute approximate surface area is 125 Å². The van der Waals surface area contributed by atoms with Crippen molar-refractivity contribution in [3.05, 3.63) is 30.2 Å². The van der Waals surface area contributed by atoms with Crippen molar-refractivity contribution in [3.63, 3.8) is 0 Å². The van der Waals surface area contributed by atoms with Crippen molar-refractivity contribution in [3.8, 4) is 0 Å². The third-order valence-electron chi connectivity index (χ3n) is 3.26. The van der Waals surface area contributed by atoms with E-state index in [1.165, 1.54) is 0 Å². The van der Waals surface area contributed by atoms with Crippen molar-refractivity contribution >= 4 is 11.6 Å². The van der Waals surface area contributed by atoms with Crippen LogP contribution in [0, 0.1) is 5.41 Å². The highest BCUT2D eigenvalue weighted by molar-refractivity contribution is 5.77. The monoisotopic (exact) mass is 288 g/mol. The Kier molecular flexibility index (Phi) is 4.60. The maximum Gasteiger partial charge on any atom is 0.221 e.